The monoisotopic (exact) mass is 255 g/mol. The van der Waals surface area contributed by atoms with Crippen molar-refractivity contribution >= 4 is 5.96 Å². The topological polar surface area (TPSA) is 40.8 Å². The Morgan fingerprint density at radius 1 is 1.32 bits per heavy atom. The van der Waals surface area contributed by atoms with E-state index in [-0.39, 0.29) is 6.04 Å². The van der Waals surface area contributed by atoms with Gasteiger partial charge in [-0.05, 0) is 11.6 Å². The lowest BCUT2D eigenvalue weighted by atomic mass is 10.1. The molecule has 1 aromatic heterocycles. The zero-order valence-electron chi connectivity index (χ0n) is 10.9. The van der Waals surface area contributed by atoms with Gasteiger partial charge in [0.05, 0.1) is 25.1 Å². The van der Waals surface area contributed by atoms with E-state index in [1.165, 1.54) is 5.56 Å². The first-order chi connectivity index (χ1) is 9.33. The molecule has 0 spiro atoms. The van der Waals surface area contributed by atoms with E-state index in [9.17, 15) is 0 Å². The van der Waals surface area contributed by atoms with E-state index in [0.29, 0.717) is 0 Å². The second-order valence-corrected chi connectivity index (χ2v) is 4.76. The van der Waals surface area contributed by atoms with Gasteiger partial charge in [-0.15, -0.1) is 0 Å². The third-order valence-corrected chi connectivity index (χ3v) is 3.29. The number of rotatable bonds is 3. The SMILES string of the molecule is CN(Cc1ccoc1)C1=NCC(c2ccccc2)N1. The molecule has 0 fully saturated rings. The molecule has 1 N–H and O–H groups in total. The van der Waals surface area contributed by atoms with Gasteiger partial charge in [0.15, 0.2) is 5.96 Å². The van der Waals surface area contributed by atoms with Gasteiger partial charge in [-0.2, -0.15) is 0 Å². The van der Waals surface area contributed by atoms with Gasteiger partial charge in [0, 0.05) is 19.2 Å². The molecule has 0 amide bonds. The summed E-state index contributed by atoms with van der Waals surface area (Å²) in [4.78, 5) is 6.68. The third-order valence-electron chi connectivity index (χ3n) is 3.29. The standard InChI is InChI=1S/C15H17N3O/c1-18(10-12-7-8-19-11-12)15-16-9-14(17-15)13-5-3-2-4-6-13/h2-8,11,14H,9-10H2,1H3,(H,16,17). The number of hydrogen-bond acceptors (Lipinski definition) is 4. The van der Waals surface area contributed by atoms with Crippen LogP contribution in [0.4, 0.5) is 0 Å². The molecule has 98 valence electrons. The van der Waals surface area contributed by atoms with E-state index in [2.05, 4.69) is 39.5 Å². The normalized spacial score (nSPS) is 17.9. The number of aliphatic imine (C=N–C) groups is 1. The van der Waals surface area contributed by atoms with Crippen molar-refractivity contribution in [3.8, 4) is 0 Å². The van der Waals surface area contributed by atoms with Crippen molar-refractivity contribution in [1.29, 1.82) is 0 Å². The van der Waals surface area contributed by atoms with Crippen molar-refractivity contribution in [3.05, 3.63) is 60.1 Å². The minimum atomic E-state index is 0.281. The van der Waals surface area contributed by atoms with Gasteiger partial charge in [-0.3, -0.25) is 4.99 Å². The van der Waals surface area contributed by atoms with Crippen LogP contribution in [0.5, 0.6) is 0 Å². The first kappa shape index (κ1) is 11.8. The summed E-state index contributed by atoms with van der Waals surface area (Å²) in [5, 5.41) is 3.46. The van der Waals surface area contributed by atoms with Crippen LogP contribution in [0.3, 0.4) is 0 Å². The lowest BCUT2D eigenvalue weighted by molar-refractivity contribution is 0.474. The first-order valence-electron chi connectivity index (χ1n) is 6.41. The van der Waals surface area contributed by atoms with Crippen molar-refractivity contribution in [3.63, 3.8) is 0 Å². The maximum Gasteiger partial charge on any atom is 0.194 e. The minimum Gasteiger partial charge on any atom is -0.472 e. The number of nitrogens with zero attached hydrogens (tertiary/aromatic N) is 2. The Hall–Kier alpha value is -2.23. The fourth-order valence-electron chi connectivity index (χ4n) is 2.26. The summed E-state index contributed by atoms with van der Waals surface area (Å²) in [5.74, 6) is 0.940. The van der Waals surface area contributed by atoms with Crippen LogP contribution in [0, 0.1) is 0 Å². The predicted octanol–water partition coefficient (Wildman–Crippen LogP) is 2.41. The number of benzene rings is 1. The van der Waals surface area contributed by atoms with E-state index in [4.69, 9.17) is 4.42 Å². The summed E-state index contributed by atoms with van der Waals surface area (Å²) in [6.07, 6.45) is 3.46. The Morgan fingerprint density at radius 2 is 2.16 bits per heavy atom. The quantitative estimate of drug-likeness (QED) is 0.915. The van der Waals surface area contributed by atoms with Crippen molar-refractivity contribution < 1.29 is 4.42 Å². The van der Waals surface area contributed by atoms with Crippen LogP contribution in [0.25, 0.3) is 0 Å². The molecule has 1 atom stereocenters. The maximum atomic E-state index is 5.08. The Bertz CT molecular complexity index is 548. The Balaban J connectivity index is 1.62. The molecule has 0 bridgehead atoms. The van der Waals surface area contributed by atoms with Crippen LogP contribution in [-0.2, 0) is 6.54 Å². The molecular weight excluding hydrogens is 238 g/mol. The Morgan fingerprint density at radius 3 is 2.89 bits per heavy atom. The average molecular weight is 255 g/mol. The summed E-state index contributed by atoms with van der Waals surface area (Å²) >= 11 is 0. The molecule has 0 saturated heterocycles. The smallest absolute Gasteiger partial charge is 0.194 e. The van der Waals surface area contributed by atoms with E-state index in [1.54, 1.807) is 12.5 Å². The highest BCUT2D eigenvalue weighted by atomic mass is 16.3. The molecule has 1 unspecified atom stereocenters. The van der Waals surface area contributed by atoms with Gasteiger partial charge in [-0.25, -0.2) is 0 Å². The molecule has 0 radical (unpaired) electrons. The van der Waals surface area contributed by atoms with Gasteiger partial charge < -0.3 is 14.6 Å². The first-order valence-corrected chi connectivity index (χ1v) is 6.41. The van der Waals surface area contributed by atoms with Gasteiger partial charge in [0.1, 0.15) is 0 Å². The molecule has 0 saturated carbocycles. The van der Waals surface area contributed by atoms with Crippen molar-refractivity contribution in [2.45, 2.75) is 12.6 Å². The highest BCUT2D eigenvalue weighted by Gasteiger charge is 2.21. The second kappa shape index (κ2) is 5.18. The number of furan rings is 1. The van der Waals surface area contributed by atoms with Gasteiger partial charge in [0.25, 0.3) is 0 Å². The minimum absolute atomic E-state index is 0.281. The van der Waals surface area contributed by atoms with Crippen molar-refractivity contribution in [1.82, 2.24) is 10.2 Å². The van der Waals surface area contributed by atoms with E-state index in [1.807, 2.05) is 19.2 Å². The fourth-order valence-corrected chi connectivity index (χ4v) is 2.26. The fraction of sp³-hybridized carbons (Fsp3) is 0.267. The molecule has 1 aliphatic heterocycles. The highest BCUT2D eigenvalue weighted by molar-refractivity contribution is 5.81. The lowest BCUT2D eigenvalue weighted by Crippen LogP contribution is -2.36. The van der Waals surface area contributed by atoms with Gasteiger partial charge in [0.2, 0.25) is 0 Å². The molecular formula is C15H17N3O. The molecule has 1 aliphatic rings. The molecule has 4 nitrogen and oxygen atoms in total. The number of hydrogen-bond donors (Lipinski definition) is 1. The van der Waals surface area contributed by atoms with Crippen LogP contribution >= 0.6 is 0 Å². The van der Waals surface area contributed by atoms with Crippen LogP contribution in [-0.4, -0.2) is 24.5 Å². The summed E-state index contributed by atoms with van der Waals surface area (Å²) in [6.45, 7) is 1.58. The third kappa shape index (κ3) is 2.62. The zero-order chi connectivity index (χ0) is 13.1. The van der Waals surface area contributed by atoms with E-state index in [0.717, 1.165) is 24.6 Å². The van der Waals surface area contributed by atoms with Crippen LogP contribution in [0.1, 0.15) is 17.2 Å². The summed E-state index contributed by atoms with van der Waals surface area (Å²) in [5.41, 5.74) is 2.42. The van der Waals surface area contributed by atoms with Gasteiger partial charge >= 0.3 is 0 Å². The summed E-state index contributed by atoms with van der Waals surface area (Å²) < 4.78 is 5.08. The van der Waals surface area contributed by atoms with Crippen molar-refractivity contribution in [2.75, 3.05) is 13.6 Å². The highest BCUT2D eigenvalue weighted by Crippen LogP contribution is 2.18. The average Bonchev–Trinajstić information content (AvgIpc) is 3.10. The maximum absolute atomic E-state index is 5.08. The molecule has 1 aromatic carbocycles. The zero-order valence-corrected chi connectivity index (χ0v) is 10.9. The summed E-state index contributed by atoms with van der Waals surface area (Å²) in [6, 6.07) is 12.7. The second-order valence-electron chi connectivity index (χ2n) is 4.76. The van der Waals surface area contributed by atoms with E-state index < -0.39 is 0 Å². The largest absolute Gasteiger partial charge is 0.472 e. The van der Waals surface area contributed by atoms with Crippen LogP contribution in [0.2, 0.25) is 0 Å². The molecule has 19 heavy (non-hydrogen) atoms. The van der Waals surface area contributed by atoms with Crippen LogP contribution < -0.4 is 5.32 Å². The molecule has 3 rings (SSSR count). The van der Waals surface area contributed by atoms with Crippen LogP contribution in [0.15, 0.2) is 58.3 Å². The Kier molecular flexibility index (Phi) is 3.23. The van der Waals surface area contributed by atoms with Gasteiger partial charge in [-0.1, -0.05) is 30.3 Å². The molecule has 4 heteroatoms. The van der Waals surface area contributed by atoms with E-state index >= 15 is 0 Å². The predicted molar refractivity (Wildman–Crippen MR) is 74.8 cm³/mol. The summed E-state index contributed by atoms with van der Waals surface area (Å²) in [7, 11) is 2.03. The number of nitrogens with one attached hydrogen (secondary N) is 1. The lowest BCUT2D eigenvalue weighted by Gasteiger charge is -2.20. The molecule has 0 aliphatic carbocycles. The Labute approximate surface area is 112 Å². The molecule has 2 heterocycles. The molecule has 2 aromatic rings. The number of guanidine groups is 1. The van der Waals surface area contributed by atoms with Crippen molar-refractivity contribution in [2.24, 2.45) is 4.99 Å².